The minimum absolute atomic E-state index is 0.131. The smallest absolute Gasteiger partial charge is 0.325 e. The van der Waals surface area contributed by atoms with Crippen LogP contribution in [0.4, 0.5) is 21.9 Å². The van der Waals surface area contributed by atoms with Gasteiger partial charge in [0.1, 0.15) is 13.1 Å². The standard InChI is InChI=1S/C29H24Cl3N3O4.C22H22N2O3/c1-2-39-26(36)17-35(16-18-8-4-3-5-9-18)28(37)22-12-19-10-6-7-11-20(19)13-25(22)33-29(38)34-27-23(31)14-21(30)15-24(27)32;1-2-27-21(25)15-24(14-16-8-4-3-5-9-16)22(26)19-12-17-10-6-7-11-18(17)13-20(19)23/h3-15H,2,16-17H2,1H3,(H2,33,34,38);3-13H,2,14-15,23H2,1H3. The molecule has 0 aliphatic carbocycles. The second-order valence-electron chi connectivity index (χ2n) is 14.8. The molecule has 7 aromatic carbocycles. The van der Waals surface area contributed by atoms with Gasteiger partial charge in [0.2, 0.25) is 0 Å². The van der Waals surface area contributed by atoms with Gasteiger partial charge in [-0.3, -0.25) is 19.2 Å². The first-order valence-corrected chi connectivity index (χ1v) is 22.0. The van der Waals surface area contributed by atoms with E-state index in [0.717, 1.165) is 32.7 Å². The average molecular weight is 947 g/mol. The number of nitrogens with one attached hydrogen (secondary N) is 2. The van der Waals surface area contributed by atoms with Crippen molar-refractivity contribution >= 4 is 103 Å². The van der Waals surface area contributed by atoms with E-state index < -0.39 is 23.9 Å². The molecule has 0 heterocycles. The molecular weight excluding hydrogens is 901 g/mol. The minimum atomic E-state index is -0.676. The number of benzene rings is 7. The lowest BCUT2D eigenvalue weighted by atomic mass is 10.0. The molecule has 0 aliphatic rings. The van der Waals surface area contributed by atoms with Gasteiger partial charge in [-0.25, -0.2) is 4.79 Å². The summed E-state index contributed by atoms with van der Waals surface area (Å²) >= 11 is 18.4. The number of ether oxygens (including phenoxy) is 2. The number of esters is 2. The van der Waals surface area contributed by atoms with Crippen LogP contribution in [0.3, 0.4) is 0 Å². The van der Waals surface area contributed by atoms with E-state index in [1.165, 1.54) is 21.9 Å². The molecule has 0 fully saturated rings. The van der Waals surface area contributed by atoms with Crippen LogP contribution in [0, 0.1) is 0 Å². The summed E-state index contributed by atoms with van der Waals surface area (Å²) in [6.07, 6.45) is 0. The van der Waals surface area contributed by atoms with E-state index in [4.69, 9.17) is 50.0 Å². The van der Waals surface area contributed by atoms with Crippen LogP contribution < -0.4 is 16.4 Å². The van der Waals surface area contributed by atoms with E-state index in [1.54, 1.807) is 38.1 Å². The van der Waals surface area contributed by atoms with Crippen LogP contribution in [0.15, 0.2) is 146 Å². The number of hydrogen-bond donors (Lipinski definition) is 3. The Morgan fingerprint density at radius 1 is 0.530 bits per heavy atom. The summed E-state index contributed by atoms with van der Waals surface area (Å²) in [5, 5.41) is 9.44. The number of halogens is 3. The number of carbonyl (C=O) groups excluding carboxylic acids is 5. The summed E-state index contributed by atoms with van der Waals surface area (Å²) in [6.45, 7) is 3.95. The van der Waals surface area contributed by atoms with Gasteiger partial charge in [0.25, 0.3) is 11.8 Å². The molecule has 0 spiro atoms. The van der Waals surface area contributed by atoms with Crippen LogP contribution in [0.5, 0.6) is 0 Å². The topological polar surface area (TPSA) is 160 Å². The molecule has 0 radical (unpaired) electrons. The predicted octanol–water partition coefficient (Wildman–Crippen LogP) is 11.3. The molecular formula is C51H46Cl3N5O7. The van der Waals surface area contributed by atoms with Crippen LogP contribution in [-0.4, -0.2) is 65.9 Å². The number of nitrogen functional groups attached to an aromatic ring is 1. The van der Waals surface area contributed by atoms with E-state index >= 15 is 0 Å². The van der Waals surface area contributed by atoms with E-state index in [1.807, 2.05) is 109 Å². The van der Waals surface area contributed by atoms with Gasteiger partial charge in [0.15, 0.2) is 0 Å². The Hall–Kier alpha value is -7.12. The number of nitrogens with zero attached hydrogens (tertiary/aromatic N) is 2. The zero-order chi connectivity index (χ0) is 47.2. The summed E-state index contributed by atoms with van der Waals surface area (Å²) in [5.41, 5.74) is 9.27. The van der Waals surface area contributed by atoms with Crippen molar-refractivity contribution < 1.29 is 33.4 Å². The summed E-state index contributed by atoms with van der Waals surface area (Å²) in [7, 11) is 0. The molecule has 15 heteroatoms. The number of hydrogen-bond acceptors (Lipinski definition) is 8. The van der Waals surface area contributed by atoms with Crippen LogP contribution >= 0.6 is 34.8 Å². The Morgan fingerprint density at radius 2 is 0.939 bits per heavy atom. The molecule has 0 aromatic heterocycles. The monoisotopic (exact) mass is 945 g/mol. The molecule has 338 valence electrons. The van der Waals surface area contributed by atoms with Crippen LogP contribution in [0.1, 0.15) is 45.7 Å². The first-order valence-electron chi connectivity index (χ1n) is 20.8. The SMILES string of the molecule is CCOC(=O)CN(Cc1ccccc1)C(=O)c1cc2ccccc2cc1N.CCOC(=O)CN(Cc1ccccc1)C(=O)c1cc2ccccc2cc1NC(=O)Nc1c(Cl)cc(Cl)cc1Cl. The highest BCUT2D eigenvalue weighted by Gasteiger charge is 2.25. The lowest BCUT2D eigenvalue weighted by Crippen LogP contribution is -2.36. The van der Waals surface area contributed by atoms with Crippen LogP contribution in [-0.2, 0) is 32.2 Å². The molecule has 0 aliphatic heterocycles. The van der Waals surface area contributed by atoms with Gasteiger partial charge in [0.05, 0.1) is 45.8 Å². The normalized spacial score (nSPS) is 10.6. The third-order valence-electron chi connectivity index (χ3n) is 10.0. The second kappa shape index (κ2) is 23.2. The van der Waals surface area contributed by atoms with E-state index in [9.17, 15) is 24.0 Å². The third kappa shape index (κ3) is 13.0. The lowest BCUT2D eigenvalue weighted by Gasteiger charge is -2.24. The Labute approximate surface area is 397 Å². The van der Waals surface area contributed by atoms with Crippen LogP contribution in [0.2, 0.25) is 15.1 Å². The maximum absolute atomic E-state index is 13.9. The molecule has 4 amide bonds. The highest BCUT2D eigenvalue weighted by atomic mass is 35.5. The molecule has 4 N–H and O–H groups in total. The van der Waals surface area contributed by atoms with E-state index in [-0.39, 0.29) is 65.7 Å². The Bertz CT molecular complexity index is 2840. The van der Waals surface area contributed by atoms with E-state index in [0.29, 0.717) is 22.8 Å². The molecule has 0 unspecified atom stereocenters. The van der Waals surface area contributed by atoms with Crippen molar-refractivity contribution in [3.05, 3.63) is 183 Å². The lowest BCUT2D eigenvalue weighted by molar-refractivity contribution is -0.144. The Balaban J connectivity index is 0.000000233. The first-order chi connectivity index (χ1) is 31.8. The molecule has 7 rings (SSSR count). The third-order valence-corrected chi connectivity index (χ3v) is 10.8. The molecule has 66 heavy (non-hydrogen) atoms. The maximum atomic E-state index is 13.9. The number of rotatable bonds is 14. The predicted molar refractivity (Wildman–Crippen MR) is 262 cm³/mol. The van der Waals surface area contributed by atoms with Crippen molar-refractivity contribution in [3.8, 4) is 0 Å². The first kappa shape index (κ1) is 48.3. The van der Waals surface area contributed by atoms with Crippen molar-refractivity contribution in [3.63, 3.8) is 0 Å². The van der Waals surface area contributed by atoms with Crippen molar-refractivity contribution in [2.24, 2.45) is 0 Å². The fourth-order valence-electron chi connectivity index (χ4n) is 6.96. The van der Waals surface area contributed by atoms with Gasteiger partial charge in [-0.1, -0.05) is 144 Å². The molecule has 0 bridgehead atoms. The highest BCUT2D eigenvalue weighted by molar-refractivity contribution is 6.42. The molecule has 0 atom stereocenters. The quantitative estimate of drug-likeness (QED) is 0.0717. The van der Waals surface area contributed by atoms with Gasteiger partial charge in [-0.15, -0.1) is 0 Å². The zero-order valence-electron chi connectivity index (χ0n) is 36.1. The van der Waals surface area contributed by atoms with Crippen molar-refractivity contribution in [1.29, 1.82) is 0 Å². The molecule has 7 aromatic rings. The van der Waals surface area contributed by atoms with Gasteiger partial charge in [-0.05, 0) is 82.9 Å². The largest absolute Gasteiger partial charge is 0.465 e. The minimum Gasteiger partial charge on any atom is -0.465 e. The average Bonchev–Trinajstić information content (AvgIpc) is 3.30. The fourth-order valence-corrected chi connectivity index (χ4v) is 7.88. The number of anilines is 3. The van der Waals surface area contributed by atoms with Crippen molar-refractivity contribution in [2.45, 2.75) is 26.9 Å². The summed E-state index contributed by atoms with van der Waals surface area (Å²) in [6, 6.07) is 43.1. The molecule has 12 nitrogen and oxygen atoms in total. The number of nitrogens with two attached hydrogens (primary N) is 1. The summed E-state index contributed by atoms with van der Waals surface area (Å²) in [4.78, 5) is 67.4. The number of amides is 4. The Kier molecular flexibility index (Phi) is 17.0. The highest BCUT2D eigenvalue weighted by Crippen LogP contribution is 2.34. The zero-order valence-corrected chi connectivity index (χ0v) is 38.3. The number of urea groups is 1. The summed E-state index contributed by atoms with van der Waals surface area (Å²) in [5.74, 6) is -1.74. The van der Waals surface area contributed by atoms with E-state index in [2.05, 4.69) is 10.6 Å². The maximum Gasteiger partial charge on any atom is 0.325 e. The second-order valence-corrected chi connectivity index (χ2v) is 16.0. The van der Waals surface area contributed by atoms with Gasteiger partial charge < -0.3 is 35.6 Å². The van der Waals surface area contributed by atoms with Crippen molar-refractivity contribution in [2.75, 3.05) is 42.7 Å². The number of carbonyl (C=O) groups is 5. The van der Waals surface area contributed by atoms with Gasteiger partial charge in [0, 0.05) is 23.8 Å². The fraction of sp³-hybridized carbons (Fsp3) is 0.157. The van der Waals surface area contributed by atoms with Crippen molar-refractivity contribution in [1.82, 2.24) is 9.80 Å². The summed E-state index contributed by atoms with van der Waals surface area (Å²) < 4.78 is 10.1. The van der Waals surface area contributed by atoms with Gasteiger partial charge >= 0.3 is 18.0 Å². The molecule has 0 saturated heterocycles. The van der Waals surface area contributed by atoms with Crippen LogP contribution in [0.25, 0.3) is 21.5 Å². The molecule has 0 saturated carbocycles. The number of fused-ring (bicyclic) bond motifs is 2. The van der Waals surface area contributed by atoms with Gasteiger partial charge in [-0.2, -0.15) is 0 Å². The Morgan fingerprint density at radius 3 is 1.41 bits per heavy atom.